The molecular weight excluding hydrogens is 252 g/mol. The smallest absolute Gasteiger partial charge is 0.247 e. The van der Waals surface area contributed by atoms with Crippen LogP contribution in [0.25, 0.3) is 0 Å². The highest BCUT2D eigenvalue weighted by molar-refractivity contribution is 6.04. The van der Waals surface area contributed by atoms with Crippen LogP contribution in [0.5, 0.6) is 0 Å². The van der Waals surface area contributed by atoms with Crippen LogP contribution in [0, 0.1) is 35.0 Å². The summed E-state index contributed by atoms with van der Waals surface area (Å²) < 4.78 is 0. The van der Waals surface area contributed by atoms with Crippen molar-refractivity contribution in [3.05, 3.63) is 0 Å². The molecule has 1 aliphatic heterocycles. The Kier molecular flexibility index (Phi) is 3.78. The zero-order valence-electron chi connectivity index (χ0n) is 11.9. The lowest BCUT2D eigenvalue weighted by Gasteiger charge is -2.23. The summed E-state index contributed by atoms with van der Waals surface area (Å²) in [5.41, 5.74) is 0. The van der Waals surface area contributed by atoms with Crippen molar-refractivity contribution in [1.82, 2.24) is 4.90 Å². The van der Waals surface area contributed by atoms with Crippen molar-refractivity contribution in [2.24, 2.45) is 23.7 Å². The predicted molar refractivity (Wildman–Crippen MR) is 73.5 cm³/mol. The third-order valence-corrected chi connectivity index (χ3v) is 5.46. The van der Waals surface area contributed by atoms with Crippen LogP contribution in [0.15, 0.2) is 0 Å². The molecule has 0 aromatic heterocycles. The number of likely N-dealkylation sites (tertiary alicyclic amines) is 1. The molecule has 0 aromatic carbocycles. The molecule has 1 saturated heterocycles. The number of nitriles is 1. The van der Waals surface area contributed by atoms with Gasteiger partial charge in [0.2, 0.25) is 5.91 Å². The van der Waals surface area contributed by atoms with Crippen LogP contribution in [-0.2, 0) is 9.59 Å². The Balaban J connectivity index is 1.59. The summed E-state index contributed by atoms with van der Waals surface area (Å²) in [4.78, 5) is 26.3. The lowest BCUT2D eigenvalue weighted by Crippen LogP contribution is -2.37. The summed E-state index contributed by atoms with van der Waals surface area (Å²) in [6.07, 6.45) is 7.36. The maximum atomic E-state index is 12.3. The molecule has 4 nitrogen and oxygen atoms in total. The monoisotopic (exact) mass is 274 g/mol. The molecule has 3 rings (SSSR count). The maximum Gasteiger partial charge on any atom is 0.247 e. The average Bonchev–Trinajstić information content (AvgIpc) is 3.17. The number of hydrogen-bond donors (Lipinski definition) is 0. The van der Waals surface area contributed by atoms with Crippen LogP contribution in [0.1, 0.15) is 44.9 Å². The van der Waals surface area contributed by atoms with Gasteiger partial charge in [0.25, 0.3) is 0 Å². The van der Waals surface area contributed by atoms with Crippen molar-refractivity contribution >= 4 is 11.7 Å². The number of ketones is 1. The summed E-state index contributed by atoms with van der Waals surface area (Å²) in [5.74, 6) is 0.466. The summed E-state index contributed by atoms with van der Waals surface area (Å²) >= 11 is 0. The molecule has 4 atom stereocenters. The molecule has 20 heavy (non-hydrogen) atoms. The second-order valence-corrected chi connectivity index (χ2v) is 6.70. The van der Waals surface area contributed by atoms with Crippen molar-refractivity contribution in [3.63, 3.8) is 0 Å². The Morgan fingerprint density at radius 3 is 2.50 bits per heavy atom. The molecule has 1 amide bonds. The first-order valence-electron chi connectivity index (χ1n) is 7.90. The number of hydrogen-bond acceptors (Lipinski definition) is 3. The van der Waals surface area contributed by atoms with E-state index in [2.05, 4.69) is 0 Å². The lowest BCUT2D eigenvalue weighted by atomic mass is 9.83. The quantitative estimate of drug-likeness (QED) is 0.738. The Morgan fingerprint density at radius 1 is 1.20 bits per heavy atom. The van der Waals surface area contributed by atoms with Crippen molar-refractivity contribution in [3.8, 4) is 6.07 Å². The summed E-state index contributed by atoms with van der Waals surface area (Å²) in [7, 11) is 0. The number of nitrogens with zero attached hydrogens (tertiary/aromatic N) is 2. The van der Waals surface area contributed by atoms with E-state index in [0.717, 1.165) is 25.2 Å². The molecule has 1 heterocycles. The SMILES string of the molecule is N#CC(C(=O)CC1CC2CCC1C2)C(=O)N1CCCC1. The number of Topliss-reactive ketones (excluding diaryl/α,β-unsaturated/α-hetero) is 1. The first-order chi connectivity index (χ1) is 9.69. The van der Waals surface area contributed by atoms with E-state index in [1.54, 1.807) is 4.90 Å². The number of carbonyl (C=O) groups excluding carboxylic acids is 2. The van der Waals surface area contributed by atoms with E-state index in [1.165, 1.54) is 19.3 Å². The number of carbonyl (C=O) groups is 2. The second-order valence-electron chi connectivity index (χ2n) is 6.70. The molecule has 0 aromatic rings. The van der Waals surface area contributed by atoms with Gasteiger partial charge in [-0.25, -0.2) is 0 Å². The van der Waals surface area contributed by atoms with E-state index in [-0.39, 0.29) is 11.7 Å². The highest BCUT2D eigenvalue weighted by Crippen LogP contribution is 2.49. The topological polar surface area (TPSA) is 61.2 Å². The van der Waals surface area contributed by atoms with E-state index in [1.807, 2.05) is 6.07 Å². The van der Waals surface area contributed by atoms with Gasteiger partial charge in [-0.3, -0.25) is 9.59 Å². The minimum atomic E-state index is -1.05. The van der Waals surface area contributed by atoms with Crippen molar-refractivity contribution in [2.45, 2.75) is 44.9 Å². The fourth-order valence-corrected chi connectivity index (χ4v) is 4.39. The van der Waals surface area contributed by atoms with Crippen LogP contribution in [0.3, 0.4) is 0 Å². The molecule has 3 fully saturated rings. The van der Waals surface area contributed by atoms with E-state index >= 15 is 0 Å². The summed E-state index contributed by atoms with van der Waals surface area (Å²) in [5, 5.41) is 9.21. The van der Waals surface area contributed by atoms with Gasteiger partial charge in [-0.2, -0.15) is 5.26 Å². The Morgan fingerprint density at radius 2 is 1.95 bits per heavy atom. The first-order valence-corrected chi connectivity index (χ1v) is 7.90. The minimum absolute atomic E-state index is 0.137. The zero-order valence-corrected chi connectivity index (χ0v) is 11.9. The zero-order chi connectivity index (χ0) is 14.1. The standard InChI is InChI=1S/C16H22N2O2/c17-10-14(16(20)18-5-1-2-6-18)15(19)9-13-8-11-3-4-12(13)7-11/h11-14H,1-9H2. The van der Waals surface area contributed by atoms with Gasteiger partial charge in [-0.15, -0.1) is 0 Å². The summed E-state index contributed by atoms with van der Waals surface area (Å²) in [6, 6.07) is 1.96. The predicted octanol–water partition coefficient (Wildman–Crippen LogP) is 2.14. The van der Waals surface area contributed by atoms with Crippen molar-refractivity contribution in [1.29, 1.82) is 5.26 Å². The van der Waals surface area contributed by atoms with Crippen LogP contribution in [0.2, 0.25) is 0 Å². The molecule has 2 saturated carbocycles. The second kappa shape index (κ2) is 5.55. The fraction of sp³-hybridized carbons (Fsp3) is 0.812. The van der Waals surface area contributed by atoms with Crippen molar-refractivity contribution < 1.29 is 9.59 Å². The van der Waals surface area contributed by atoms with Gasteiger partial charge in [0.1, 0.15) is 0 Å². The van der Waals surface area contributed by atoms with Gasteiger partial charge in [0, 0.05) is 19.5 Å². The highest BCUT2D eigenvalue weighted by Gasteiger charge is 2.42. The van der Waals surface area contributed by atoms with Gasteiger partial charge >= 0.3 is 0 Å². The van der Waals surface area contributed by atoms with E-state index in [4.69, 9.17) is 0 Å². The normalized spacial score (nSPS) is 33.1. The van der Waals surface area contributed by atoms with Gasteiger partial charge in [-0.1, -0.05) is 6.42 Å². The van der Waals surface area contributed by atoms with Crippen molar-refractivity contribution in [2.75, 3.05) is 13.1 Å². The van der Waals surface area contributed by atoms with Gasteiger partial charge in [0.15, 0.2) is 11.7 Å². The third kappa shape index (κ3) is 2.46. The Bertz CT molecular complexity index is 448. The van der Waals surface area contributed by atoms with Gasteiger partial charge in [-0.05, 0) is 49.9 Å². The van der Waals surface area contributed by atoms with E-state index in [9.17, 15) is 14.9 Å². The van der Waals surface area contributed by atoms with E-state index < -0.39 is 5.92 Å². The molecule has 4 heteroatoms. The molecule has 3 aliphatic rings. The number of amides is 1. The van der Waals surface area contributed by atoms with Crippen LogP contribution in [0.4, 0.5) is 0 Å². The first kappa shape index (κ1) is 13.6. The van der Waals surface area contributed by atoms with E-state index in [0.29, 0.717) is 31.3 Å². The average molecular weight is 274 g/mol. The van der Waals surface area contributed by atoms with Crippen LogP contribution < -0.4 is 0 Å². The molecule has 4 unspecified atom stereocenters. The van der Waals surface area contributed by atoms with Crippen LogP contribution in [-0.4, -0.2) is 29.7 Å². The van der Waals surface area contributed by atoms with Gasteiger partial charge in [0.05, 0.1) is 6.07 Å². The number of rotatable bonds is 4. The van der Waals surface area contributed by atoms with Crippen LogP contribution >= 0.6 is 0 Å². The molecule has 108 valence electrons. The third-order valence-electron chi connectivity index (χ3n) is 5.46. The summed E-state index contributed by atoms with van der Waals surface area (Å²) in [6.45, 7) is 1.41. The maximum absolute atomic E-state index is 12.3. The minimum Gasteiger partial charge on any atom is -0.341 e. The van der Waals surface area contributed by atoms with Gasteiger partial charge < -0.3 is 4.90 Å². The molecule has 0 radical (unpaired) electrons. The molecule has 0 spiro atoms. The molecule has 0 N–H and O–H groups in total. The molecular formula is C16H22N2O2. The molecule has 2 bridgehead atoms. The fourth-order valence-electron chi connectivity index (χ4n) is 4.39. The Hall–Kier alpha value is -1.37. The largest absolute Gasteiger partial charge is 0.341 e. The number of fused-ring (bicyclic) bond motifs is 2. The lowest BCUT2D eigenvalue weighted by molar-refractivity contribution is -0.138. The molecule has 2 aliphatic carbocycles. The Labute approximate surface area is 120 Å². The highest BCUT2D eigenvalue weighted by atomic mass is 16.2.